The molecular formula is C10H10Cl2N4O2. The normalized spacial score (nSPS) is 20.2. The standard InChI is InChI=1S/C10H10Cl2N4O2/c1-16-7(17)3-2-6(9(16)18)14-8-5(11)4-13-10(12)15-8/h4,6H,2-3H2,1H3,(H,13,14,15). The number of amides is 2. The van der Waals surface area contributed by atoms with Gasteiger partial charge in [0, 0.05) is 13.5 Å². The molecule has 0 saturated carbocycles. The summed E-state index contributed by atoms with van der Waals surface area (Å²) in [5.41, 5.74) is 0. The van der Waals surface area contributed by atoms with Gasteiger partial charge in [0.05, 0.1) is 6.20 Å². The molecule has 2 rings (SSSR count). The molecule has 1 aromatic heterocycles. The highest BCUT2D eigenvalue weighted by molar-refractivity contribution is 6.33. The summed E-state index contributed by atoms with van der Waals surface area (Å²) >= 11 is 11.5. The Kier molecular flexibility index (Phi) is 3.68. The van der Waals surface area contributed by atoms with Crippen LogP contribution in [0.4, 0.5) is 5.82 Å². The molecule has 0 spiro atoms. The van der Waals surface area contributed by atoms with Gasteiger partial charge in [-0.05, 0) is 18.0 Å². The predicted octanol–water partition coefficient (Wildman–Crippen LogP) is 1.34. The van der Waals surface area contributed by atoms with Crippen LogP contribution in [0.25, 0.3) is 0 Å². The number of rotatable bonds is 2. The maximum absolute atomic E-state index is 11.9. The van der Waals surface area contributed by atoms with E-state index < -0.39 is 6.04 Å². The lowest BCUT2D eigenvalue weighted by molar-refractivity contribution is -0.146. The molecule has 0 aromatic carbocycles. The smallest absolute Gasteiger partial charge is 0.251 e. The van der Waals surface area contributed by atoms with Crippen LogP contribution >= 0.6 is 23.2 Å². The minimum absolute atomic E-state index is 0.0367. The minimum atomic E-state index is -0.531. The number of anilines is 1. The van der Waals surface area contributed by atoms with Gasteiger partial charge in [-0.2, -0.15) is 4.98 Å². The van der Waals surface area contributed by atoms with Crippen LogP contribution in [-0.2, 0) is 9.59 Å². The predicted molar refractivity (Wildman–Crippen MR) is 66.5 cm³/mol. The summed E-state index contributed by atoms with van der Waals surface area (Å²) in [6.45, 7) is 0. The first-order valence-corrected chi connectivity index (χ1v) is 5.99. The molecule has 1 unspecified atom stereocenters. The van der Waals surface area contributed by atoms with Gasteiger partial charge in [-0.15, -0.1) is 0 Å². The molecule has 1 aromatic rings. The number of carbonyl (C=O) groups is 2. The fourth-order valence-corrected chi connectivity index (χ4v) is 1.94. The van der Waals surface area contributed by atoms with Crippen molar-refractivity contribution >= 4 is 40.8 Å². The second-order valence-corrected chi connectivity index (χ2v) is 4.61. The number of likely N-dealkylation sites (tertiary alicyclic amines) is 1. The Hall–Kier alpha value is -1.40. The lowest BCUT2D eigenvalue weighted by Crippen LogP contribution is -2.48. The number of piperidine rings is 1. The van der Waals surface area contributed by atoms with E-state index >= 15 is 0 Å². The van der Waals surface area contributed by atoms with E-state index in [4.69, 9.17) is 23.2 Å². The van der Waals surface area contributed by atoms with Gasteiger partial charge in [0.1, 0.15) is 11.1 Å². The SMILES string of the molecule is CN1C(=O)CCC(Nc2nc(Cl)ncc2Cl)C1=O. The minimum Gasteiger partial charge on any atom is -0.357 e. The van der Waals surface area contributed by atoms with E-state index in [9.17, 15) is 9.59 Å². The summed E-state index contributed by atoms with van der Waals surface area (Å²) in [6.07, 6.45) is 2.05. The molecule has 1 aliphatic rings. The number of nitrogens with one attached hydrogen (secondary N) is 1. The average molecular weight is 289 g/mol. The Bertz CT molecular complexity index is 509. The van der Waals surface area contributed by atoms with Gasteiger partial charge in [-0.1, -0.05) is 11.6 Å². The number of hydrogen-bond donors (Lipinski definition) is 1. The zero-order valence-corrected chi connectivity index (χ0v) is 11.0. The molecule has 1 aliphatic heterocycles. The summed E-state index contributed by atoms with van der Waals surface area (Å²) < 4.78 is 0. The van der Waals surface area contributed by atoms with Gasteiger partial charge in [0.25, 0.3) is 5.91 Å². The second-order valence-electron chi connectivity index (χ2n) is 3.86. The molecule has 1 saturated heterocycles. The Balaban J connectivity index is 2.16. The Morgan fingerprint density at radius 3 is 2.89 bits per heavy atom. The lowest BCUT2D eigenvalue weighted by atomic mass is 10.0. The Labute approximate surface area is 113 Å². The molecule has 6 nitrogen and oxygen atoms in total. The molecule has 8 heteroatoms. The summed E-state index contributed by atoms with van der Waals surface area (Å²) in [5.74, 6) is -0.209. The van der Waals surface area contributed by atoms with Gasteiger partial charge in [0.2, 0.25) is 11.2 Å². The van der Waals surface area contributed by atoms with E-state index in [0.717, 1.165) is 4.90 Å². The second kappa shape index (κ2) is 5.07. The molecule has 1 fully saturated rings. The van der Waals surface area contributed by atoms with Gasteiger partial charge in [-0.3, -0.25) is 14.5 Å². The van der Waals surface area contributed by atoms with Gasteiger partial charge in [-0.25, -0.2) is 4.98 Å². The van der Waals surface area contributed by atoms with Crippen LogP contribution in [0, 0.1) is 0 Å². The molecule has 1 N–H and O–H groups in total. The van der Waals surface area contributed by atoms with E-state index in [1.807, 2.05) is 0 Å². The van der Waals surface area contributed by atoms with Crippen molar-refractivity contribution in [1.82, 2.24) is 14.9 Å². The van der Waals surface area contributed by atoms with Gasteiger partial charge >= 0.3 is 0 Å². The van der Waals surface area contributed by atoms with Crippen LogP contribution in [0.15, 0.2) is 6.20 Å². The monoisotopic (exact) mass is 288 g/mol. The number of imide groups is 1. The van der Waals surface area contributed by atoms with Crippen molar-refractivity contribution in [3.05, 3.63) is 16.5 Å². The van der Waals surface area contributed by atoms with E-state index in [-0.39, 0.29) is 27.9 Å². The molecule has 18 heavy (non-hydrogen) atoms. The van der Waals surface area contributed by atoms with Crippen molar-refractivity contribution < 1.29 is 9.59 Å². The van der Waals surface area contributed by atoms with Crippen molar-refractivity contribution in [2.45, 2.75) is 18.9 Å². The maximum atomic E-state index is 11.9. The van der Waals surface area contributed by atoms with E-state index in [1.165, 1.54) is 13.2 Å². The zero-order valence-electron chi connectivity index (χ0n) is 9.48. The van der Waals surface area contributed by atoms with Crippen LogP contribution in [-0.4, -0.2) is 39.8 Å². The number of hydrogen-bond acceptors (Lipinski definition) is 5. The van der Waals surface area contributed by atoms with Crippen molar-refractivity contribution in [2.24, 2.45) is 0 Å². The Morgan fingerprint density at radius 2 is 2.17 bits per heavy atom. The number of nitrogens with zero attached hydrogens (tertiary/aromatic N) is 3. The van der Waals surface area contributed by atoms with Crippen LogP contribution in [0.3, 0.4) is 0 Å². The molecule has 0 bridgehead atoms. The third-order valence-electron chi connectivity index (χ3n) is 2.68. The number of likely N-dealkylation sites (N-methyl/N-ethyl adjacent to an activating group) is 1. The lowest BCUT2D eigenvalue weighted by Gasteiger charge is -2.28. The fourth-order valence-electron chi connectivity index (χ4n) is 1.66. The molecule has 2 heterocycles. The van der Waals surface area contributed by atoms with E-state index in [0.29, 0.717) is 12.8 Å². The maximum Gasteiger partial charge on any atom is 0.251 e. The quantitative estimate of drug-likeness (QED) is 0.657. The largest absolute Gasteiger partial charge is 0.357 e. The van der Waals surface area contributed by atoms with Crippen LogP contribution < -0.4 is 5.32 Å². The number of carbonyl (C=O) groups excluding carboxylic acids is 2. The third kappa shape index (κ3) is 2.54. The summed E-state index contributed by atoms with van der Waals surface area (Å²) in [6, 6.07) is -0.531. The van der Waals surface area contributed by atoms with Gasteiger partial charge in [0.15, 0.2) is 5.82 Å². The van der Waals surface area contributed by atoms with E-state index in [1.54, 1.807) is 0 Å². The first-order valence-electron chi connectivity index (χ1n) is 5.24. The molecule has 0 radical (unpaired) electrons. The average Bonchev–Trinajstić information content (AvgIpc) is 2.34. The number of halogens is 2. The molecule has 96 valence electrons. The highest BCUT2D eigenvalue weighted by atomic mass is 35.5. The van der Waals surface area contributed by atoms with Crippen molar-refractivity contribution in [2.75, 3.05) is 12.4 Å². The third-order valence-corrected chi connectivity index (χ3v) is 3.13. The highest BCUT2D eigenvalue weighted by Gasteiger charge is 2.32. The van der Waals surface area contributed by atoms with E-state index in [2.05, 4.69) is 15.3 Å². The zero-order chi connectivity index (χ0) is 13.3. The molecule has 0 aliphatic carbocycles. The van der Waals surface area contributed by atoms with Gasteiger partial charge < -0.3 is 5.32 Å². The highest BCUT2D eigenvalue weighted by Crippen LogP contribution is 2.23. The van der Waals surface area contributed by atoms with Crippen LogP contribution in [0.2, 0.25) is 10.3 Å². The van der Waals surface area contributed by atoms with Crippen molar-refractivity contribution in [3.63, 3.8) is 0 Å². The molecule has 2 amide bonds. The molecular weight excluding hydrogens is 279 g/mol. The fraction of sp³-hybridized carbons (Fsp3) is 0.400. The van der Waals surface area contributed by atoms with Crippen LogP contribution in [0.1, 0.15) is 12.8 Å². The van der Waals surface area contributed by atoms with Crippen molar-refractivity contribution in [3.8, 4) is 0 Å². The number of aromatic nitrogens is 2. The van der Waals surface area contributed by atoms with Crippen molar-refractivity contribution in [1.29, 1.82) is 0 Å². The Morgan fingerprint density at radius 1 is 1.44 bits per heavy atom. The summed E-state index contributed by atoms with van der Waals surface area (Å²) in [5, 5.41) is 3.19. The molecule has 1 atom stereocenters. The first kappa shape index (κ1) is 13.0. The topological polar surface area (TPSA) is 75.2 Å². The summed E-state index contributed by atoms with van der Waals surface area (Å²) in [7, 11) is 1.45. The first-order chi connectivity index (χ1) is 8.49. The summed E-state index contributed by atoms with van der Waals surface area (Å²) in [4.78, 5) is 31.9. The van der Waals surface area contributed by atoms with Crippen LogP contribution in [0.5, 0.6) is 0 Å².